The number of hydrogen-bond donors (Lipinski definition) is 1. The van der Waals surface area contributed by atoms with Crippen molar-refractivity contribution in [3.8, 4) is 11.8 Å². The summed E-state index contributed by atoms with van der Waals surface area (Å²) in [5.41, 5.74) is 2.17. The van der Waals surface area contributed by atoms with Gasteiger partial charge in [0.05, 0.1) is 18.2 Å². The fourth-order valence-corrected chi connectivity index (χ4v) is 2.49. The summed E-state index contributed by atoms with van der Waals surface area (Å²) in [6.45, 7) is 2.80. The number of likely N-dealkylation sites (N-methyl/N-ethyl adjacent to an activating group) is 1. The van der Waals surface area contributed by atoms with Crippen LogP contribution in [-0.2, 0) is 19.1 Å². The molecule has 0 aliphatic carbocycles. The Hall–Kier alpha value is -3.86. The number of aryl methyl sites for hydroxylation is 1. The largest absolute Gasteiger partial charge is 0.482 e. The summed E-state index contributed by atoms with van der Waals surface area (Å²) in [5.74, 6) is -1.20. The number of carbonyl (C=O) groups excluding carboxylic acids is 3. The van der Waals surface area contributed by atoms with Gasteiger partial charge >= 0.3 is 5.97 Å². The average molecular weight is 409 g/mol. The summed E-state index contributed by atoms with van der Waals surface area (Å²) in [6, 6.07) is 15.5. The second-order valence-corrected chi connectivity index (χ2v) is 6.67. The molecule has 0 aromatic heterocycles. The first-order chi connectivity index (χ1) is 14.3. The molecule has 0 aliphatic rings. The van der Waals surface area contributed by atoms with E-state index >= 15 is 0 Å². The summed E-state index contributed by atoms with van der Waals surface area (Å²) in [4.78, 5) is 37.6. The SMILES string of the molecule is Cc1ccc(NC(=O)CN(C)C(=O)[C@@H](C)OC(=O)COc2ccc(C#N)cc2)cc1. The van der Waals surface area contributed by atoms with Gasteiger partial charge in [-0.1, -0.05) is 17.7 Å². The highest BCUT2D eigenvalue weighted by molar-refractivity contribution is 5.95. The lowest BCUT2D eigenvalue weighted by molar-refractivity contribution is -0.160. The third kappa shape index (κ3) is 6.95. The molecule has 8 nitrogen and oxygen atoms in total. The number of nitriles is 1. The summed E-state index contributed by atoms with van der Waals surface area (Å²) in [7, 11) is 1.45. The van der Waals surface area contributed by atoms with Crippen LogP contribution >= 0.6 is 0 Å². The van der Waals surface area contributed by atoms with Gasteiger partial charge in [0.1, 0.15) is 5.75 Å². The fraction of sp³-hybridized carbons (Fsp3) is 0.273. The van der Waals surface area contributed by atoms with Crippen molar-refractivity contribution in [1.29, 1.82) is 5.26 Å². The van der Waals surface area contributed by atoms with Crippen LogP contribution < -0.4 is 10.1 Å². The number of hydrogen-bond acceptors (Lipinski definition) is 6. The Bertz CT molecular complexity index is 933. The zero-order chi connectivity index (χ0) is 22.1. The van der Waals surface area contributed by atoms with Gasteiger partial charge in [0.25, 0.3) is 5.91 Å². The van der Waals surface area contributed by atoms with Crippen LogP contribution in [0.4, 0.5) is 5.69 Å². The van der Waals surface area contributed by atoms with Crippen molar-refractivity contribution in [2.24, 2.45) is 0 Å². The molecule has 0 spiro atoms. The molecule has 1 atom stereocenters. The van der Waals surface area contributed by atoms with Crippen LogP contribution in [0.2, 0.25) is 0 Å². The predicted octanol–water partition coefficient (Wildman–Crippen LogP) is 2.27. The highest BCUT2D eigenvalue weighted by Crippen LogP contribution is 2.12. The number of carbonyl (C=O) groups is 3. The first-order valence-electron chi connectivity index (χ1n) is 9.22. The zero-order valence-corrected chi connectivity index (χ0v) is 17.0. The van der Waals surface area contributed by atoms with Crippen molar-refractivity contribution in [2.75, 3.05) is 25.5 Å². The smallest absolute Gasteiger partial charge is 0.344 e. The van der Waals surface area contributed by atoms with Crippen molar-refractivity contribution in [3.05, 3.63) is 59.7 Å². The molecule has 0 unspecified atom stereocenters. The van der Waals surface area contributed by atoms with Crippen LogP contribution in [0.3, 0.4) is 0 Å². The van der Waals surface area contributed by atoms with E-state index in [1.807, 2.05) is 25.1 Å². The normalized spacial score (nSPS) is 11.0. The van der Waals surface area contributed by atoms with Crippen molar-refractivity contribution in [3.63, 3.8) is 0 Å². The maximum Gasteiger partial charge on any atom is 0.344 e. The Morgan fingerprint density at radius 1 is 1.10 bits per heavy atom. The lowest BCUT2D eigenvalue weighted by Gasteiger charge is -2.21. The minimum absolute atomic E-state index is 0.184. The third-order valence-electron chi connectivity index (χ3n) is 4.09. The molecule has 0 bridgehead atoms. The van der Waals surface area contributed by atoms with Gasteiger partial charge < -0.3 is 19.7 Å². The molecule has 2 aromatic carbocycles. The summed E-state index contributed by atoms with van der Waals surface area (Å²) >= 11 is 0. The van der Waals surface area contributed by atoms with Gasteiger partial charge in [-0.3, -0.25) is 9.59 Å². The van der Waals surface area contributed by atoms with Gasteiger partial charge in [0, 0.05) is 12.7 Å². The van der Waals surface area contributed by atoms with Crippen LogP contribution in [0.25, 0.3) is 0 Å². The minimum atomic E-state index is -1.07. The van der Waals surface area contributed by atoms with Gasteiger partial charge in [-0.05, 0) is 50.2 Å². The van der Waals surface area contributed by atoms with E-state index in [9.17, 15) is 14.4 Å². The highest BCUT2D eigenvalue weighted by atomic mass is 16.6. The molecule has 30 heavy (non-hydrogen) atoms. The number of amides is 2. The minimum Gasteiger partial charge on any atom is -0.482 e. The van der Waals surface area contributed by atoms with Crippen molar-refractivity contribution >= 4 is 23.5 Å². The number of esters is 1. The topological polar surface area (TPSA) is 109 Å². The van der Waals surface area contributed by atoms with E-state index in [0.717, 1.165) is 5.56 Å². The average Bonchev–Trinajstić information content (AvgIpc) is 2.73. The van der Waals surface area contributed by atoms with Crippen LogP contribution in [0, 0.1) is 18.3 Å². The quantitative estimate of drug-likeness (QED) is 0.670. The van der Waals surface area contributed by atoms with Gasteiger partial charge in [-0.15, -0.1) is 0 Å². The Morgan fingerprint density at radius 3 is 2.33 bits per heavy atom. The van der Waals surface area contributed by atoms with E-state index < -0.39 is 18.0 Å². The lowest BCUT2D eigenvalue weighted by atomic mass is 10.2. The molecular formula is C22H23N3O5. The van der Waals surface area contributed by atoms with E-state index in [1.165, 1.54) is 18.9 Å². The monoisotopic (exact) mass is 409 g/mol. The Morgan fingerprint density at radius 2 is 1.73 bits per heavy atom. The Labute approximate surface area is 175 Å². The molecule has 0 aliphatic heterocycles. The molecular weight excluding hydrogens is 386 g/mol. The third-order valence-corrected chi connectivity index (χ3v) is 4.09. The summed E-state index contributed by atoms with van der Waals surface area (Å²) < 4.78 is 10.3. The molecule has 156 valence electrons. The molecule has 2 aromatic rings. The molecule has 0 saturated heterocycles. The first kappa shape index (κ1) is 22.4. The van der Waals surface area contributed by atoms with E-state index in [2.05, 4.69) is 5.32 Å². The van der Waals surface area contributed by atoms with Crippen LogP contribution in [-0.4, -0.2) is 49.0 Å². The fourth-order valence-electron chi connectivity index (χ4n) is 2.49. The molecule has 8 heteroatoms. The first-order valence-corrected chi connectivity index (χ1v) is 9.22. The molecule has 0 heterocycles. The maximum absolute atomic E-state index is 12.4. The zero-order valence-electron chi connectivity index (χ0n) is 17.0. The maximum atomic E-state index is 12.4. The molecule has 0 saturated carbocycles. The predicted molar refractivity (Wildman–Crippen MR) is 110 cm³/mol. The molecule has 0 fully saturated rings. The van der Waals surface area contributed by atoms with Gasteiger partial charge in [-0.2, -0.15) is 5.26 Å². The van der Waals surface area contributed by atoms with Crippen LogP contribution in [0.5, 0.6) is 5.75 Å². The van der Waals surface area contributed by atoms with E-state index in [1.54, 1.807) is 36.4 Å². The number of anilines is 1. The van der Waals surface area contributed by atoms with E-state index in [-0.39, 0.29) is 19.1 Å². The van der Waals surface area contributed by atoms with Crippen molar-refractivity contribution in [1.82, 2.24) is 4.90 Å². The number of benzene rings is 2. The van der Waals surface area contributed by atoms with E-state index in [4.69, 9.17) is 14.7 Å². The molecule has 2 amide bonds. The Balaban J connectivity index is 1.77. The van der Waals surface area contributed by atoms with Gasteiger partial charge in [0.15, 0.2) is 12.7 Å². The number of rotatable bonds is 8. The lowest BCUT2D eigenvalue weighted by Crippen LogP contribution is -2.42. The van der Waals surface area contributed by atoms with Gasteiger partial charge in [-0.25, -0.2) is 4.79 Å². The van der Waals surface area contributed by atoms with Crippen LogP contribution in [0.1, 0.15) is 18.1 Å². The second-order valence-electron chi connectivity index (χ2n) is 6.67. The number of ether oxygens (including phenoxy) is 2. The van der Waals surface area contributed by atoms with Crippen molar-refractivity contribution < 1.29 is 23.9 Å². The molecule has 1 N–H and O–H groups in total. The van der Waals surface area contributed by atoms with Crippen LogP contribution in [0.15, 0.2) is 48.5 Å². The number of nitrogens with one attached hydrogen (secondary N) is 1. The second kappa shape index (κ2) is 10.6. The van der Waals surface area contributed by atoms with Crippen molar-refractivity contribution in [2.45, 2.75) is 20.0 Å². The summed E-state index contributed by atoms with van der Waals surface area (Å²) in [6.07, 6.45) is -1.07. The number of nitrogens with zero attached hydrogens (tertiary/aromatic N) is 2. The molecule has 0 radical (unpaired) electrons. The summed E-state index contributed by atoms with van der Waals surface area (Å²) in [5, 5.41) is 11.5. The van der Waals surface area contributed by atoms with E-state index in [0.29, 0.717) is 17.0 Å². The Kier molecular flexibility index (Phi) is 7.94. The molecule has 2 rings (SSSR count). The standard InChI is InChI=1S/C22H23N3O5/c1-15-4-8-18(9-5-15)24-20(26)13-25(3)22(28)16(2)30-21(27)14-29-19-10-6-17(12-23)7-11-19/h4-11,16H,13-14H2,1-3H3,(H,24,26)/t16-/m1/s1. The highest BCUT2D eigenvalue weighted by Gasteiger charge is 2.23. The van der Waals surface area contributed by atoms with Gasteiger partial charge in [0.2, 0.25) is 5.91 Å².